The summed E-state index contributed by atoms with van der Waals surface area (Å²) >= 11 is 0. The maximum Gasteiger partial charge on any atom is 0.128 e. The van der Waals surface area contributed by atoms with Crippen molar-refractivity contribution in [1.29, 1.82) is 0 Å². The van der Waals surface area contributed by atoms with Crippen molar-refractivity contribution in [2.45, 2.75) is 0 Å². The summed E-state index contributed by atoms with van der Waals surface area (Å²) in [4.78, 5) is 0. The van der Waals surface area contributed by atoms with Gasteiger partial charge in [-0.2, -0.15) is 0 Å². The quantitative estimate of drug-likeness (QED) is 0.301. The number of fused-ring (bicyclic) bond motifs is 2. The minimum atomic E-state index is -0.0781. The third-order valence-corrected chi connectivity index (χ3v) is 5.90. The molecule has 0 heterocycles. The van der Waals surface area contributed by atoms with Gasteiger partial charge in [-0.1, -0.05) is 72.8 Å². The first-order chi connectivity index (χ1) is 16.8. The zero-order chi connectivity index (χ0) is 23.3. The van der Waals surface area contributed by atoms with Crippen LogP contribution in [-0.2, 0) is 0 Å². The Morgan fingerprint density at radius 1 is 0.471 bits per heavy atom. The van der Waals surface area contributed by atoms with Crippen molar-refractivity contribution in [2.24, 2.45) is 0 Å². The summed E-state index contributed by atoms with van der Waals surface area (Å²) in [6.07, 6.45) is 0. The van der Waals surface area contributed by atoms with Gasteiger partial charge in [0.05, 0.1) is 13.2 Å². The molecule has 5 aromatic rings. The van der Waals surface area contributed by atoms with E-state index in [9.17, 15) is 10.2 Å². The number of ether oxygens (including phenoxy) is 2. The highest BCUT2D eigenvalue weighted by atomic mass is 16.5. The zero-order valence-electron chi connectivity index (χ0n) is 18.8. The van der Waals surface area contributed by atoms with Gasteiger partial charge >= 0.3 is 0 Å². The van der Waals surface area contributed by atoms with Crippen molar-refractivity contribution in [3.63, 3.8) is 0 Å². The minimum Gasteiger partial charge on any atom is -0.491 e. The fraction of sp³-hybridized carbons (Fsp3) is 0.133. The van der Waals surface area contributed by atoms with Gasteiger partial charge in [-0.05, 0) is 56.9 Å². The smallest absolute Gasteiger partial charge is 0.128 e. The second-order valence-electron chi connectivity index (χ2n) is 8.11. The third kappa shape index (κ3) is 4.46. The molecular weight excluding hydrogens is 424 g/mol. The minimum absolute atomic E-state index is 0.0781. The molecule has 5 aromatic carbocycles. The Labute approximate surface area is 198 Å². The van der Waals surface area contributed by atoms with Crippen molar-refractivity contribution < 1.29 is 19.7 Å². The molecule has 0 aliphatic heterocycles. The van der Waals surface area contributed by atoms with E-state index in [0.717, 1.165) is 43.8 Å². The zero-order valence-corrected chi connectivity index (χ0v) is 18.8. The molecule has 0 unspecified atom stereocenters. The first-order valence-electron chi connectivity index (χ1n) is 11.4. The molecule has 170 valence electrons. The Hall–Kier alpha value is -3.86. The molecule has 0 atom stereocenters. The number of aliphatic hydroxyl groups is 2. The normalized spacial score (nSPS) is 11.1. The van der Waals surface area contributed by atoms with Crippen LogP contribution in [0.3, 0.4) is 0 Å². The SMILES string of the molecule is OCCOc1cc(-c2ccc3ccccc3c2)c(OCCO)cc1-c1ccc2ccccc2c1. The fourth-order valence-corrected chi connectivity index (χ4v) is 4.27. The second-order valence-corrected chi connectivity index (χ2v) is 8.11. The van der Waals surface area contributed by atoms with E-state index >= 15 is 0 Å². The predicted octanol–water partition coefficient (Wildman–Crippen LogP) is 6.07. The molecule has 4 heteroatoms. The Bertz CT molecular complexity index is 1330. The van der Waals surface area contributed by atoms with Gasteiger partial charge in [-0.15, -0.1) is 0 Å². The second kappa shape index (κ2) is 9.96. The summed E-state index contributed by atoms with van der Waals surface area (Å²) in [5.41, 5.74) is 3.73. The summed E-state index contributed by atoms with van der Waals surface area (Å²) in [6, 6.07) is 32.9. The number of rotatable bonds is 8. The van der Waals surface area contributed by atoms with Gasteiger partial charge in [0.25, 0.3) is 0 Å². The molecular formula is C30H26O4. The van der Waals surface area contributed by atoms with Crippen molar-refractivity contribution in [3.05, 3.63) is 97.1 Å². The van der Waals surface area contributed by atoms with Crippen molar-refractivity contribution >= 4 is 21.5 Å². The molecule has 2 N–H and O–H groups in total. The Kier molecular flexibility index (Phi) is 6.43. The van der Waals surface area contributed by atoms with Crippen LogP contribution in [0.5, 0.6) is 11.5 Å². The van der Waals surface area contributed by atoms with Gasteiger partial charge in [0, 0.05) is 11.1 Å². The standard InChI is InChI=1S/C30H26O4/c31-13-15-33-29-20-28(26-12-10-22-6-2-4-8-24(22)18-26)30(34-16-14-32)19-27(29)25-11-9-21-5-1-3-7-23(21)17-25/h1-12,17-20,31-32H,13-16H2. The topological polar surface area (TPSA) is 58.9 Å². The third-order valence-electron chi connectivity index (χ3n) is 5.90. The van der Waals surface area contributed by atoms with Crippen LogP contribution in [0, 0.1) is 0 Å². The lowest BCUT2D eigenvalue weighted by Gasteiger charge is -2.18. The molecule has 0 bridgehead atoms. The summed E-state index contributed by atoms with van der Waals surface area (Å²) in [6.45, 7) is 0.222. The average Bonchev–Trinajstić information content (AvgIpc) is 2.90. The number of hydrogen-bond acceptors (Lipinski definition) is 4. The summed E-state index contributed by atoms with van der Waals surface area (Å²) < 4.78 is 12.0. The maximum absolute atomic E-state index is 9.43. The first-order valence-corrected chi connectivity index (χ1v) is 11.4. The van der Waals surface area contributed by atoms with Gasteiger partial charge in [0.2, 0.25) is 0 Å². The van der Waals surface area contributed by atoms with E-state index < -0.39 is 0 Å². The lowest BCUT2D eigenvalue weighted by Crippen LogP contribution is -2.06. The van der Waals surface area contributed by atoms with Crippen LogP contribution in [0.15, 0.2) is 97.1 Å². The van der Waals surface area contributed by atoms with Gasteiger partial charge < -0.3 is 19.7 Å². The molecule has 0 spiro atoms. The van der Waals surface area contributed by atoms with Crippen LogP contribution in [-0.4, -0.2) is 36.6 Å². The summed E-state index contributed by atoms with van der Waals surface area (Å²) in [7, 11) is 0. The highest BCUT2D eigenvalue weighted by Crippen LogP contribution is 2.42. The highest BCUT2D eigenvalue weighted by molar-refractivity contribution is 5.92. The first kappa shape index (κ1) is 22.0. The van der Waals surface area contributed by atoms with Crippen LogP contribution < -0.4 is 9.47 Å². The van der Waals surface area contributed by atoms with E-state index in [4.69, 9.17) is 9.47 Å². The fourth-order valence-electron chi connectivity index (χ4n) is 4.27. The monoisotopic (exact) mass is 450 g/mol. The highest BCUT2D eigenvalue weighted by Gasteiger charge is 2.16. The maximum atomic E-state index is 9.43. The average molecular weight is 451 g/mol. The molecule has 0 aliphatic rings. The van der Waals surface area contributed by atoms with E-state index in [0.29, 0.717) is 11.5 Å². The van der Waals surface area contributed by atoms with Gasteiger partial charge in [-0.3, -0.25) is 0 Å². The van der Waals surface area contributed by atoms with E-state index in [1.807, 2.05) is 36.4 Å². The van der Waals surface area contributed by atoms with Crippen LogP contribution >= 0.6 is 0 Å². The van der Waals surface area contributed by atoms with Gasteiger partial charge in [-0.25, -0.2) is 0 Å². The molecule has 4 nitrogen and oxygen atoms in total. The lowest BCUT2D eigenvalue weighted by molar-refractivity contribution is 0.199. The number of hydrogen-bond donors (Lipinski definition) is 2. The van der Waals surface area contributed by atoms with Crippen molar-refractivity contribution in [2.75, 3.05) is 26.4 Å². The Morgan fingerprint density at radius 2 is 0.882 bits per heavy atom. The lowest BCUT2D eigenvalue weighted by atomic mass is 9.95. The molecule has 0 radical (unpaired) electrons. The summed E-state index contributed by atoms with van der Waals surface area (Å²) in [5.74, 6) is 1.34. The molecule has 0 saturated carbocycles. The van der Waals surface area contributed by atoms with Crippen molar-refractivity contribution in [1.82, 2.24) is 0 Å². The number of benzene rings is 5. The van der Waals surface area contributed by atoms with Crippen LogP contribution in [0.25, 0.3) is 43.8 Å². The predicted molar refractivity (Wildman–Crippen MR) is 137 cm³/mol. The van der Waals surface area contributed by atoms with E-state index in [1.165, 1.54) is 0 Å². The van der Waals surface area contributed by atoms with Gasteiger partial charge in [0.1, 0.15) is 24.7 Å². The van der Waals surface area contributed by atoms with Gasteiger partial charge in [0.15, 0.2) is 0 Å². The molecule has 34 heavy (non-hydrogen) atoms. The molecule has 0 amide bonds. The Morgan fingerprint density at radius 3 is 1.29 bits per heavy atom. The van der Waals surface area contributed by atoms with Crippen molar-refractivity contribution in [3.8, 4) is 33.8 Å². The molecule has 0 saturated heterocycles. The molecule has 0 aliphatic carbocycles. The van der Waals surface area contributed by atoms with E-state index in [2.05, 4.69) is 60.7 Å². The molecule has 0 aromatic heterocycles. The van der Waals surface area contributed by atoms with E-state index in [-0.39, 0.29) is 26.4 Å². The largest absolute Gasteiger partial charge is 0.491 e. The van der Waals surface area contributed by atoms with Crippen LogP contribution in [0.2, 0.25) is 0 Å². The molecule has 0 fully saturated rings. The molecule has 5 rings (SSSR count). The van der Waals surface area contributed by atoms with E-state index in [1.54, 1.807) is 0 Å². The van der Waals surface area contributed by atoms with Crippen LogP contribution in [0.4, 0.5) is 0 Å². The summed E-state index contributed by atoms with van der Waals surface area (Å²) in [5, 5.41) is 23.4. The Balaban J connectivity index is 1.69. The van der Waals surface area contributed by atoms with Crippen LogP contribution in [0.1, 0.15) is 0 Å². The number of aliphatic hydroxyl groups excluding tert-OH is 2.